The van der Waals surface area contributed by atoms with Crippen LogP contribution in [-0.4, -0.2) is 43.1 Å². The molecule has 5 aromatic rings. The number of hydrogen-bond acceptors (Lipinski definition) is 9. The molecule has 1 N–H and O–H groups in total. The van der Waals surface area contributed by atoms with Gasteiger partial charge >= 0.3 is 0 Å². The van der Waals surface area contributed by atoms with E-state index in [9.17, 15) is 10.1 Å². The molecule has 35 heavy (non-hydrogen) atoms. The number of nitrogens with one attached hydrogen (secondary N) is 1. The summed E-state index contributed by atoms with van der Waals surface area (Å²) in [5.41, 5.74) is 3.74. The number of nitro benzene ring substituents is 1. The van der Waals surface area contributed by atoms with Gasteiger partial charge in [0.1, 0.15) is 31.1 Å². The average Bonchev–Trinajstić information content (AvgIpc) is 3.39. The fourth-order valence-corrected chi connectivity index (χ4v) is 3.83. The molecule has 0 radical (unpaired) electrons. The van der Waals surface area contributed by atoms with Crippen LogP contribution in [0.3, 0.4) is 0 Å². The molecular formula is C24H17N7O4. The van der Waals surface area contributed by atoms with Gasteiger partial charge in [-0.05, 0) is 30.3 Å². The molecule has 0 saturated heterocycles. The smallest absolute Gasteiger partial charge is 0.269 e. The molecule has 6 rings (SSSR count). The third-order valence-corrected chi connectivity index (χ3v) is 5.54. The van der Waals surface area contributed by atoms with Gasteiger partial charge in [0.2, 0.25) is 0 Å². The molecule has 0 fully saturated rings. The number of nitro groups is 1. The summed E-state index contributed by atoms with van der Waals surface area (Å²) >= 11 is 0. The summed E-state index contributed by atoms with van der Waals surface area (Å²) in [7, 11) is 0. The zero-order valence-electron chi connectivity index (χ0n) is 18.2. The summed E-state index contributed by atoms with van der Waals surface area (Å²) in [5.74, 6) is 1.98. The maximum atomic E-state index is 10.9. The Morgan fingerprint density at radius 1 is 0.971 bits per heavy atom. The fraction of sp³-hybridized carbons (Fsp3) is 0.0833. The number of rotatable bonds is 5. The summed E-state index contributed by atoms with van der Waals surface area (Å²) < 4.78 is 12.9. The van der Waals surface area contributed by atoms with E-state index in [1.165, 1.54) is 18.5 Å². The van der Waals surface area contributed by atoms with Crippen molar-refractivity contribution in [1.29, 1.82) is 0 Å². The zero-order chi connectivity index (χ0) is 23.8. The molecule has 1 aliphatic rings. The van der Waals surface area contributed by atoms with E-state index in [0.717, 1.165) is 22.2 Å². The van der Waals surface area contributed by atoms with Gasteiger partial charge in [-0.25, -0.2) is 14.6 Å². The molecule has 0 saturated carbocycles. The van der Waals surface area contributed by atoms with Gasteiger partial charge in [-0.1, -0.05) is 17.3 Å². The summed E-state index contributed by atoms with van der Waals surface area (Å²) in [6.07, 6.45) is 3.27. The largest absolute Gasteiger partial charge is 0.486 e. The lowest BCUT2D eigenvalue weighted by molar-refractivity contribution is -0.384. The Bertz CT molecular complexity index is 1570. The van der Waals surface area contributed by atoms with Crippen LogP contribution in [0.15, 0.2) is 73.2 Å². The van der Waals surface area contributed by atoms with Crippen molar-refractivity contribution in [2.75, 3.05) is 18.5 Å². The van der Waals surface area contributed by atoms with Crippen LogP contribution in [0.4, 0.5) is 17.2 Å². The Kier molecular flexibility index (Phi) is 4.91. The lowest BCUT2D eigenvalue weighted by Gasteiger charge is -2.19. The van der Waals surface area contributed by atoms with Gasteiger partial charge < -0.3 is 14.8 Å². The molecule has 3 heterocycles. The maximum absolute atomic E-state index is 10.9. The van der Waals surface area contributed by atoms with Crippen LogP contribution in [0.25, 0.3) is 27.8 Å². The normalized spacial score (nSPS) is 12.5. The van der Waals surface area contributed by atoms with E-state index >= 15 is 0 Å². The Labute approximate surface area is 198 Å². The SMILES string of the molecule is O=[N+]([O-])c1ccc(-n2cc(-c3cccc(Nc4ncnc5cc6c(cc45)OCCO6)c3)nn2)cc1. The standard InChI is InChI=1S/C24H17N7O4/c32-31(33)18-6-4-17(5-7-18)30-13-21(28-29-30)15-2-1-3-16(10-15)27-24-19-11-22-23(35-9-8-34-22)12-20(19)25-14-26-24/h1-7,10-14H,8-9H2,(H,25,26,27). The molecule has 2 aromatic heterocycles. The first-order valence-corrected chi connectivity index (χ1v) is 10.7. The van der Waals surface area contributed by atoms with E-state index in [1.807, 2.05) is 36.4 Å². The highest BCUT2D eigenvalue weighted by Gasteiger charge is 2.16. The van der Waals surface area contributed by atoms with Crippen molar-refractivity contribution >= 4 is 28.1 Å². The second kappa shape index (κ2) is 8.37. The number of anilines is 2. The first-order chi connectivity index (χ1) is 17.1. The van der Waals surface area contributed by atoms with E-state index in [0.29, 0.717) is 41.9 Å². The quantitative estimate of drug-likeness (QED) is 0.297. The Hall–Kier alpha value is -5.06. The minimum absolute atomic E-state index is 0.0182. The highest BCUT2D eigenvalue weighted by Crippen LogP contribution is 2.36. The highest BCUT2D eigenvalue weighted by atomic mass is 16.6. The van der Waals surface area contributed by atoms with Crippen LogP contribution in [0.1, 0.15) is 0 Å². The van der Waals surface area contributed by atoms with Crippen molar-refractivity contribution in [2.45, 2.75) is 0 Å². The third kappa shape index (κ3) is 3.95. The number of aromatic nitrogens is 5. The lowest BCUT2D eigenvalue weighted by atomic mass is 10.1. The number of fused-ring (bicyclic) bond motifs is 2. The summed E-state index contributed by atoms with van der Waals surface area (Å²) in [4.78, 5) is 19.2. The van der Waals surface area contributed by atoms with E-state index in [1.54, 1.807) is 23.0 Å². The van der Waals surface area contributed by atoms with Crippen LogP contribution >= 0.6 is 0 Å². The monoisotopic (exact) mass is 467 g/mol. The highest BCUT2D eigenvalue weighted by molar-refractivity contribution is 5.93. The molecule has 3 aromatic carbocycles. The van der Waals surface area contributed by atoms with Crippen LogP contribution in [0, 0.1) is 10.1 Å². The van der Waals surface area contributed by atoms with Crippen molar-refractivity contribution in [3.8, 4) is 28.4 Å². The van der Waals surface area contributed by atoms with E-state index in [2.05, 4.69) is 25.6 Å². The predicted molar refractivity (Wildman–Crippen MR) is 127 cm³/mol. The Balaban J connectivity index is 1.28. The molecule has 172 valence electrons. The predicted octanol–water partition coefficient (Wildman–Crippen LogP) is 4.30. The van der Waals surface area contributed by atoms with E-state index in [-0.39, 0.29) is 5.69 Å². The molecule has 0 aliphatic carbocycles. The fourth-order valence-electron chi connectivity index (χ4n) is 3.83. The second-order valence-electron chi connectivity index (χ2n) is 7.76. The second-order valence-corrected chi connectivity index (χ2v) is 7.76. The summed E-state index contributed by atoms with van der Waals surface area (Å²) in [6.45, 7) is 1.01. The molecule has 11 heteroatoms. The molecule has 0 bridgehead atoms. The van der Waals surface area contributed by atoms with Gasteiger partial charge in [0.25, 0.3) is 5.69 Å². The van der Waals surface area contributed by atoms with Gasteiger partial charge in [-0.3, -0.25) is 10.1 Å². The topological polar surface area (TPSA) is 130 Å². The van der Waals surface area contributed by atoms with Gasteiger partial charge in [0.05, 0.1) is 22.3 Å². The molecule has 11 nitrogen and oxygen atoms in total. The number of benzene rings is 3. The van der Waals surface area contributed by atoms with Crippen molar-refractivity contribution in [3.63, 3.8) is 0 Å². The van der Waals surface area contributed by atoms with E-state index in [4.69, 9.17) is 9.47 Å². The van der Waals surface area contributed by atoms with Crippen molar-refractivity contribution < 1.29 is 14.4 Å². The number of ether oxygens (including phenoxy) is 2. The molecule has 0 spiro atoms. The third-order valence-electron chi connectivity index (χ3n) is 5.54. The van der Waals surface area contributed by atoms with Crippen molar-refractivity contribution in [1.82, 2.24) is 25.0 Å². The maximum Gasteiger partial charge on any atom is 0.269 e. The van der Waals surface area contributed by atoms with Crippen LogP contribution in [0.5, 0.6) is 11.5 Å². The van der Waals surface area contributed by atoms with Gasteiger partial charge in [-0.15, -0.1) is 5.10 Å². The molecular weight excluding hydrogens is 450 g/mol. The summed E-state index contributed by atoms with van der Waals surface area (Å²) in [5, 5.41) is 23.5. The molecule has 0 unspecified atom stereocenters. The van der Waals surface area contributed by atoms with Gasteiger partial charge in [0, 0.05) is 34.8 Å². The number of nitrogens with zero attached hydrogens (tertiary/aromatic N) is 6. The lowest BCUT2D eigenvalue weighted by Crippen LogP contribution is -2.15. The number of non-ortho nitro benzene ring substituents is 1. The van der Waals surface area contributed by atoms with Crippen molar-refractivity contribution in [2.24, 2.45) is 0 Å². The minimum Gasteiger partial charge on any atom is -0.486 e. The first-order valence-electron chi connectivity index (χ1n) is 10.7. The van der Waals surface area contributed by atoms with E-state index < -0.39 is 4.92 Å². The summed E-state index contributed by atoms with van der Waals surface area (Å²) in [6, 6.07) is 17.6. The van der Waals surface area contributed by atoms with Crippen LogP contribution < -0.4 is 14.8 Å². The first kappa shape index (κ1) is 20.5. The Morgan fingerprint density at radius 3 is 2.57 bits per heavy atom. The van der Waals surface area contributed by atoms with Gasteiger partial charge in [-0.2, -0.15) is 0 Å². The van der Waals surface area contributed by atoms with Crippen LogP contribution in [-0.2, 0) is 0 Å². The molecule has 1 aliphatic heterocycles. The number of hydrogen-bond donors (Lipinski definition) is 1. The zero-order valence-corrected chi connectivity index (χ0v) is 18.2. The van der Waals surface area contributed by atoms with Crippen molar-refractivity contribution in [3.05, 3.63) is 83.3 Å². The minimum atomic E-state index is -0.439. The molecule has 0 atom stereocenters. The molecule has 0 amide bonds. The average molecular weight is 467 g/mol. The Morgan fingerprint density at radius 2 is 1.77 bits per heavy atom. The van der Waals surface area contributed by atoms with Crippen LogP contribution in [0.2, 0.25) is 0 Å². The van der Waals surface area contributed by atoms with Gasteiger partial charge in [0.15, 0.2) is 11.5 Å².